The zero-order chi connectivity index (χ0) is 19.2. The third-order valence-corrected chi connectivity index (χ3v) is 6.82. The fourth-order valence-electron chi connectivity index (χ4n) is 3.00. The number of nitrogens with zero attached hydrogens (tertiary/aromatic N) is 2. The monoisotopic (exact) mass is 448 g/mol. The SMILES string of the molecule is Cc1ccc(S(=O)(=O)N2C[C@@H](c3ccc(Br)cc3)C(C(=O)[C@@H]3CO3)=N2)cc1. The molecule has 2 heterocycles. The third-order valence-electron chi connectivity index (χ3n) is 4.63. The van der Waals surface area contributed by atoms with Crippen molar-refractivity contribution in [1.82, 2.24) is 4.41 Å². The van der Waals surface area contributed by atoms with E-state index < -0.39 is 22.0 Å². The van der Waals surface area contributed by atoms with Gasteiger partial charge in [0.2, 0.25) is 5.78 Å². The van der Waals surface area contributed by atoms with Crippen LogP contribution in [0.1, 0.15) is 17.0 Å². The molecule has 27 heavy (non-hydrogen) atoms. The van der Waals surface area contributed by atoms with Gasteiger partial charge in [-0.1, -0.05) is 45.8 Å². The molecule has 140 valence electrons. The molecule has 2 aromatic carbocycles. The summed E-state index contributed by atoms with van der Waals surface area (Å²) in [6, 6.07) is 14.0. The number of ketones is 1. The molecule has 2 atom stereocenters. The van der Waals surface area contributed by atoms with Crippen LogP contribution >= 0.6 is 15.9 Å². The Morgan fingerprint density at radius 1 is 1.15 bits per heavy atom. The average Bonchev–Trinajstić information content (AvgIpc) is 3.40. The van der Waals surface area contributed by atoms with E-state index >= 15 is 0 Å². The molecule has 0 aliphatic carbocycles. The van der Waals surface area contributed by atoms with Crippen LogP contribution in [0.3, 0.4) is 0 Å². The molecule has 0 radical (unpaired) electrons. The van der Waals surface area contributed by atoms with Crippen LogP contribution in [-0.4, -0.2) is 43.6 Å². The molecule has 2 aliphatic heterocycles. The lowest BCUT2D eigenvalue weighted by molar-refractivity contribution is -0.114. The Morgan fingerprint density at radius 3 is 2.37 bits per heavy atom. The number of epoxide rings is 1. The first kappa shape index (κ1) is 18.3. The molecule has 0 aromatic heterocycles. The second kappa shape index (κ2) is 6.85. The number of hydrazone groups is 1. The quantitative estimate of drug-likeness (QED) is 0.658. The molecule has 6 nitrogen and oxygen atoms in total. The van der Waals surface area contributed by atoms with Crippen LogP contribution in [0.15, 0.2) is 63.0 Å². The average molecular weight is 449 g/mol. The van der Waals surface area contributed by atoms with E-state index in [9.17, 15) is 13.2 Å². The molecule has 0 spiro atoms. The molecule has 0 amide bonds. The Kier molecular flexibility index (Phi) is 4.65. The molecule has 0 unspecified atom stereocenters. The normalized spacial score (nSPS) is 21.9. The van der Waals surface area contributed by atoms with E-state index in [1.54, 1.807) is 24.3 Å². The first-order valence-electron chi connectivity index (χ1n) is 8.45. The highest BCUT2D eigenvalue weighted by Gasteiger charge is 2.43. The van der Waals surface area contributed by atoms with Gasteiger partial charge in [-0.3, -0.25) is 4.79 Å². The molecule has 4 rings (SSSR count). The maximum absolute atomic E-state index is 13.0. The minimum Gasteiger partial charge on any atom is -0.364 e. The summed E-state index contributed by atoms with van der Waals surface area (Å²) in [5.41, 5.74) is 2.04. The number of Topliss-reactive ketones (excluding diaryl/α,β-unsaturated/α-hetero) is 1. The predicted molar refractivity (Wildman–Crippen MR) is 104 cm³/mol. The number of carbonyl (C=O) groups is 1. The number of halogens is 1. The zero-order valence-corrected chi connectivity index (χ0v) is 16.9. The molecule has 0 N–H and O–H groups in total. The number of hydrogen-bond acceptors (Lipinski definition) is 5. The molecule has 2 aromatic rings. The van der Waals surface area contributed by atoms with Crippen molar-refractivity contribution < 1.29 is 17.9 Å². The van der Waals surface area contributed by atoms with Crippen molar-refractivity contribution in [2.45, 2.75) is 23.8 Å². The number of ether oxygens (including phenoxy) is 1. The van der Waals surface area contributed by atoms with E-state index in [1.165, 1.54) is 0 Å². The predicted octanol–water partition coefficient (Wildman–Crippen LogP) is 2.87. The maximum atomic E-state index is 13.0. The molecular weight excluding hydrogens is 432 g/mol. The highest BCUT2D eigenvalue weighted by Crippen LogP contribution is 2.32. The number of rotatable bonds is 5. The highest BCUT2D eigenvalue weighted by molar-refractivity contribution is 9.10. The zero-order valence-electron chi connectivity index (χ0n) is 14.5. The lowest BCUT2D eigenvalue weighted by atomic mass is 9.92. The van der Waals surface area contributed by atoms with E-state index in [2.05, 4.69) is 21.0 Å². The number of benzene rings is 2. The molecular formula is C19H17BrN2O4S. The first-order valence-corrected chi connectivity index (χ1v) is 10.7. The van der Waals surface area contributed by atoms with Gasteiger partial charge in [-0.05, 0) is 36.8 Å². The molecule has 2 aliphatic rings. The van der Waals surface area contributed by atoms with Gasteiger partial charge in [0.15, 0.2) is 0 Å². The van der Waals surface area contributed by atoms with Gasteiger partial charge in [0.1, 0.15) is 11.8 Å². The van der Waals surface area contributed by atoms with Gasteiger partial charge < -0.3 is 4.74 Å². The Hall–Kier alpha value is -2.03. The first-order chi connectivity index (χ1) is 12.9. The Morgan fingerprint density at radius 2 is 1.78 bits per heavy atom. The van der Waals surface area contributed by atoms with Gasteiger partial charge in [0.05, 0.1) is 24.0 Å². The van der Waals surface area contributed by atoms with Crippen molar-refractivity contribution in [3.63, 3.8) is 0 Å². The van der Waals surface area contributed by atoms with Gasteiger partial charge in [-0.15, -0.1) is 0 Å². The van der Waals surface area contributed by atoms with Gasteiger partial charge in [-0.25, -0.2) is 0 Å². The molecule has 0 bridgehead atoms. The van der Waals surface area contributed by atoms with Gasteiger partial charge >= 0.3 is 0 Å². The second-order valence-electron chi connectivity index (χ2n) is 6.60. The summed E-state index contributed by atoms with van der Waals surface area (Å²) in [6.45, 7) is 2.33. The van der Waals surface area contributed by atoms with Gasteiger partial charge in [0, 0.05) is 4.47 Å². The summed E-state index contributed by atoms with van der Waals surface area (Å²) in [6.07, 6.45) is -0.510. The summed E-state index contributed by atoms with van der Waals surface area (Å²) < 4.78 is 33.0. The van der Waals surface area contributed by atoms with E-state index in [-0.39, 0.29) is 22.9 Å². The van der Waals surface area contributed by atoms with Crippen LogP contribution in [0, 0.1) is 6.92 Å². The van der Waals surface area contributed by atoms with Crippen molar-refractivity contribution in [3.05, 3.63) is 64.1 Å². The minimum absolute atomic E-state index is 0.0889. The van der Waals surface area contributed by atoms with Gasteiger partial charge in [-0.2, -0.15) is 17.9 Å². The summed E-state index contributed by atoms with van der Waals surface area (Å²) in [5, 5.41) is 4.22. The summed E-state index contributed by atoms with van der Waals surface area (Å²) in [5.74, 6) is -0.667. The summed E-state index contributed by atoms with van der Waals surface area (Å²) in [4.78, 5) is 12.8. The molecule has 1 saturated heterocycles. The second-order valence-corrected chi connectivity index (χ2v) is 9.36. The van der Waals surface area contributed by atoms with E-state index in [0.717, 1.165) is 20.0 Å². The van der Waals surface area contributed by atoms with Crippen molar-refractivity contribution in [1.29, 1.82) is 0 Å². The number of carbonyl (C=O) groups excluding carboxylic acids is 1. The van der Waals surface area contributed by atoms with Crippen molar-refractivity contribution in [2.24, 2.45) is 5.10 Å². The fraction of sp³-hybridized carbons (Fsp3) is 0.263. The number of aryl methyl sites for hydroxylation is 1. The molecule has 1 fully saturated rings. The van der Waals surface area contributed by atoms with Crippen molar-refractivity contribution >= 4 is 37.4 Å². The standard InChI is InChI=1S/C19H17BrN2O4S/c1-12-2-8-15(9-3-12)27(24,25)22-10-16(13-4-6-14(20)7-5-13)18(21-22)19(23)17-11-26-17/h2-9,16-17H,10-11H2,1H3/t16-,17-/m0/s1. The highest BCUT2D eigenvalue weighted by atomic mass is 79.9. The van der Waals surface area contributed by atoms with Gasteiger partial charge in [0.25, 0.3) is 10.0 Å². The molecule has 8 heteroatoms. The topological polar surface area (TPSA) is 79.3 Å². The van der Waals surface area contributed by atoms with E-state index in [0.29, 0.717) is 6.61 Å². The minimum atomic E-state index is -3.83. The van der Waals surface area contributed by atoms with Crippen LogP contribution in [0.5, 0.6) is 0 Å². The number of hydrogen-bond donors (Lipinski definition) is 0. The third kappa shape index (κ3) is 3.56. The largest absolute Gasteiger partial charge is 0.364 e. The van der Waals surface area contributed by atoms with Crippen molar-refractivity contribution in [2.75, 3.05) is 13.2 Å². The van der Waals surface area contributed by atoms with Crippen LogP contribution in [-0.2, 0) is 19.6 Å². The maximum Gasteiger partial charge on any atom is 0.279 e. The van der Waals surface area contributed by atoms with Crippen LogP contribution in [0.2, 0.25) is 0 Å². The van der Waals surface area contributed by atoms with E-state index in [4.69, 9.17) is 4.74 Å². The Labute approximate surface area is 166 Å². The lowest BCUT2D eigenvalue weighted by Gasteiger charge is -2.16. The smallest absolute Gasteiger partial charge is 0.279 e. The molecule has 0 saturated carbocycles. The van der Waals surface area contributed by atoms with Crippen molar-refractivity contribution in [3.8, 4) is 0 Å². The van der Waals surface area contributed by atoms with Crippen LogP contribution in [0.25, 0.3) is 0 Å². The lowest BCUT2D eigenvalue weighted by Crippen LogP contribution is -2.27. The summed E-state index contributed by atoms with van der Waals surface area (Å²) in [7, 11) is -3.83. The van der Waals surface area contributed by atoms with Crippen LogP contribution < -0.4 is 0 Å². The van der Waals surface area contributed by atoms with E-state index in [1.807, 2.05) is 31.2 Å². The number of sulfonamides is 1. The van der Waals surface area contributed by atoms with Crippen LogP contribution in [0.4, 0.5) is 0 Å². The fourth-order valence-corrected chi connectivity index (χ4v) is 4.53. The Bertz CT molecular complexity index is 1010. The summed E-state index contributed by atoms with van der Waals surface area (Å²) >= 11 is 3.39. The Balaban J connectivity index is 1.71.